The van der Waals surface area contributed by atoms with Gasteiger partial charge in [-0.1, -0.05) is 23.8 Å². The number of benzene rings is 1. The van der Waals surface area contributed by atoms with E-state index < -0.39 is 0 Å². The molecule has 108 valence electrons. The Labute approximate surface area is 129 Å². The Morgan fingerprint density at radius 2 is 2.10 bits per heavy atom. The van der Waals surface area contributed by atoms with Crippen molar-refractivity contribution >= 4 is 40.4 Å². The first-order valence-electron chi connectivity index (χ1n) is 6.57. The van der Waals surface area contributed by atoms with E-state index in [9.17, 15) is 4.79 Å². The normalized spacial score (nSPS) is 14.4. The Balaban J connectivity index is 2.05. The molecule has 1 aromatic rings. The van der Waals surface area contributed by atoms with E-state index in [1.165, 1.54) is 0 Å². The van der Waals surface area contributed by atoms with E-state index in [0.717, 1.165) is 31.6 Å². The Bertz CT molecular complexity index is 529. The molecule has 20 heavy (non-hydrogen) atoms. The number of likely N-dealkylation sites (tertiary alicyclic amines) is 1. The summed E-state index contributed by atoms with van der Waals surface area (Å²) < 4.78 is 0. The number of likely N-dealkylation sites (N-methyl/N-ethyl adjacent to an activating group) is 1. The number of rotatable bonds is 4. The highest BCUT2D eigenvalue weighted by Crippen LogP contribution is 2.23. The molecule has 2 N–H and O–H groups in total. The number of hydrogen-bond acceptors (Lipinski definition) is 3. The van der Waals surface area contributed by atoms with Crippen molar-refractivity contribution in [2.75, 3.05) is 31.6 Å². The molecule has 0 radical (unpaired) electrons. The number of anilines is 1. The average molecular weight is 312 g/mol. The minimum atomic E-state index is 0.152. The van der Waals surface area contributed by atoms with Gasteiger partial charge in [-0.05, 0) is 31.0 Å². The fourth-order valence-electron chi connectivity index (χ4n) is 2.30. The van der Waals surface area contributed by atoms with Gasteiger partial charge in [-0.2, -0.15) is 0 Å². The SMILES string of the molecule is CN(CC(=O)N1CCCC1)c1ccc(C(N)=S)c(Cl)c1. The minimum Gasteiger partial charge on any atom is -0.389 e. The molecular weight excluding hydrogens is 294 g/mol. The molecule has 1 aliphatic rings. The maximum Gasteiger partial charge on any atom is 0.242 e. The van der Waals surface area contributed by atoms with Crippen molar-refractivity contribution in [1.82, 2.24) is 4.90 Å². The average Bonchev–Trinajstić information content (AvgIpc) is 2.91. The fraction of sp³-hybridized carbons (Fsp3) is 0.429. The predicted octanol–water partition coefficient (Wildman–Crippen LogP) is 2.03. The number of halogens is 1. The van der Waals surface area contributed by atoms with Crippen LogP contribution < -0.4 is 10.6 Å². The van der Waals surface area contributed by atoms with E-state index in [2.05, 4.69) is 0 Å². The van der Waals surface area contributed by atoms with Crippen LogP contribution in [0.5, 0.6) is 0 Å². The summed E-state index contributed by atoms with van der Waals surface area (Å²) in [7, 11) is 1.88. The lowest BCUT2D eigenvalue weighted by Crippen LogP contribution is -2.37. The number of nitrogens with zero attached hydrogens (tertiary/aromatic N) is 2. The van der Waals surface area contributed by atoms with E-state index >= 15 is 0 Å². The van der Waals surface area contributed by atoms with E-state index in [0.29, 0.717) is 17.1 Å². The van der Waals surface area contributed by atoms with Crippen molar-refractivity contribution in [2.45, 2.75) is 12.8 Å². The highest BCUT2D eigenvalue weighted by Gasteiger charge is 2.19. The van der Waals surface area contributed by atoms with Gasteiger partial charge in [-0.3, -0.25) is 4.79 Å². The molecule has 6 heteroatoms. The Hall–Kier alpha value is -1.33. The number of carbonyl (C=O) groups is 1. The van der Waals surface area contributed by atoms with Crippen molar-refractivity contribution < 1.29 is 4.79 Å². The predicted molar refractivity (Wildman–Crippen MR) is 86.4 cm³/mol. The second-order valence-corrected chi connectivity index (χ2v) is 5.82. The standard InChI is InChI=1S/C14H18ClN3OS/c1-17(9-13(19)18-6-2-3-7-18)10-4-5-11(14(16)20)12(15)8-10/h4-5,8H,2-3,6-7,9H2,1H3,(H2,16,20). The molecule has 0 unspecified atom stereocenters. The molecule has 4 nitrogen and oxygen atoms in total. The van der Waals surface area contributed by atoms with Crippen LogP contribution >= 0.6 is 23.8 Å². The van der Waals surface area contributed by atoms with E-state index in [1.807, 2.05) is 22.9 Å². The number of thiocarbonyl (C=S) groups is 1. The molecule has 1 aromatic carbocycles. The van der Waals surface area contributed by atoms with Crippen molar-refractivity contribution in [1.29, 1.82) is 0 Å². The number of amides is 1. The van der Waals surface area contributed by atoms with Crippen LogP contribution in [0.15, 0.2) is 18.2 Å². The molecular formula is C14H18ClN3OS. The molecule has 1 amide bonds. The molecule has 0 bridgehead atoms. The van der Waals surface area contributed by atoms with Gasteiger partial charge in [0.05, 0.1) is 11.6 Å². The molecule has 0 aliphatic carbocycles. The summed E-state index contributed by atoms with van der Waals surface area (Å²) in [5.41, 5.74) is 7.11. The van der Waals surface area contributed by atoms with Gasteiger partial charge in [-0.15, -0.1) is 0 Å². The summed E-state index contributed by atoms with van der Waals surface area (Å²) in [4.78, 5) is 16.2. The van der Waals surface area contributed by atoms with Gasteiger partial charge in [0.2, 0.25) is 5.91 Å². The van der Waals surface area contributed by atoms with Crippen molar-refractivity contribution in [3.8, 4) is 0 Å². The van der Waals surface area contributed by atoms with Crippen LogP contribution in [0.4, 0.5) is 5.69 Å². The summed E-state index contributed by atoms with van der Waals surface area (Å²) in [6.07, 6.45) is 2.20. The zero-order valence-corrected chi connectivity index (χ0v) is 13.0. The van der Waals surface area contributed by atoms with Gasteiger partial charge in [0.1, 0.15) is 4.99 Å². The second kappa shape index (κ2) is 6.41. The number of hydrogen-bond donors (Lipinski definition) is 1. The van der Waals surface area contributed by atoms with Crippen molar-refractivity contribution in [3.63, 3.8) is 0 Å². The van der Waals surface area contributed by atoms with Gasteiger partial charge >= 0.3 is 0 Å². The van der Waals surface area contributed by atoms with Gasteiger partial charge < -0.3 is 15.5 Å². The maximum atomic E-state index is 12.1. The lowest BCUT2D eigenvalue weighted by molar-refractivity contribution is -0.128. The molecule has 0 saturated carbocycles. The Morgan fingerprint density at radius 1 is 1.45 bits per heavy atom. The summed E-state index contributed by atoms with van der Waals surface area (Å²) >= 11 is 11.1. The van der Waals surface area contributed by atoms with Crippen LogP contribution in [0.1, 0.15) is 18.4 Å². The zero-order chi connectivity index (χ0) is 14.7. The van der Waals surface area contributed by atoms with E-state index in [4.69, 9.17) is 29.6 Å². The largest absolute Gasteiger partial charge is 0.389 e. The van der Waals surface area contributed by atoms with Gasteiger partial charge in [0.25, 0.3) is 0 Å². The molecule has 1 saturated heterocycles. The van der Waals surface area contributed by atoms with Crippen LogP contribution in [-0.4, -0.2) is 42.5 Å². The minimum absolute atomic E-state index is 0.152. The summed E-state index contributed by atoms with van der Waals surface area (Å²) in [5.74, 6) is 0.152. The smallest absolute Gasteiger partial charge is 0.242 e. The Kier molecular flexibility index (Phi) is 4.83. The first-order valence-corrected chi connectivity index (χ1v) is 7.36. The maximum absolute atomic E-state index is 12.1. The van der Waals surface area contributed by atoms with Gasteiger partial charge in [-0.25, -0.2) is 0 Å². The summed E-state index contributed by atoms with van der Waals surface area (Å²) in [6.45, 7) is 2.09. The molecule has 1 aliphatic heterocycles. The third-order valence-corrected chi connectivity index (χ3v) is 4.02. The van der Waals surface area contributed by atoms with Crippen LogP contribution in [-0.2, 0) is 4.79 Å². The molecule has 2 rings (SSSR count). The van der Waals surface area contributed by atoms with Crippen molar-refractivity contribution in [3.05, 3.63) is 28.8 Å². The first-order chi connectivity index (χ1) is 9.49. The number of nitrogens with two attached hydrogens (primary N) is 1. The molecule has 1 fully saturated rings. The topological polar surface area (TPSA) is 49.6 Å². The van der Waals surface area contributed by atoms with Gasteiger partial charge in [0, 0.05) is 31.4 Å². The second-order valence-electron chi connectivity index (χ2n) is 4.97. The lowest BCUT2D eigenvalue weighted by atomic mass is 10.2. The summed E-state index contributed by atoms with van der Waals surface area (Å²) in [6, 6.07) is 5.45. The van der Waals surface area contributed by atoms with Gasteiger partial charge in [0.15, 0.2) is 0 Å². The molecule has 0 atom stereocenters. The van der Waals surface area contributed by atoms with E-state index in [1.54, 1.807) is 12.1 Å². The van der Waals surface area contributed by atoms with Crippen LogP contribution in [0.3, 0.4) is 0 Å². The first kappa shape index (κ1) is 15.1. The zero-order valence-electron chi connectivity index (χ0n) is 11.4. The van der Waals surface area contributed by atoms with E-state index in [-0.39, 0.29) is 10.9 Å². The third-order valence-electron chi connectivity index (χ3n) is 3.49. The highest BCUT2D eigenvalue weighted by atomic mass is 35.5. The number of carbonyl (C=O) groups excluding carboxylic acids is 1. The van der Waals surface area contributed by atoms with Crippen LogP contribution in [0.25, 0.3) is 0 Å². The molecule has 0 aromatic heterocycles. The quantitative estimate of drug-likeness (QED) is 0.865. The highest BCUT2D eigenvalue weighted by molar-refractivity contribution is 7.80. The lowest BCUT2D eigenvalue weighted by Gasteiger charge is -2.23. The Morgan fingerprint density at radius 3 is 2.65 bits per heavy atom. The molecule has 0 spiro atoms. The van der Waals surface area contributed by atoms with Crippen LogP contribution in [0, 0.1) is 0 Å². The third kappa shape index (κ3) is 3.41. The fourth-order valence-corrected chi connectivity index (χ4v) is 2.81. The van der Waals surface area contributed by atoms with Crippen LogP contribution in [0.2, 0.25) is 5.02 Å². The molecule has 1 heterocycles. The van der Waals surface area contributed by atoms with Crippen molar-refractivity contribution in [2.24, 2.45) is 5.73 Å². The summed E-state index contributed by atoms with van der Waals surface area (Å²) in [5, 5.41) is 0.510. The monoisotopic (exact) mass is 311 g/mol.